The van der Waals surface area contributed by atoms with Crippen molar-refractivity contribution in [2.24, 2.45) is 0 Å². The van der Waals surface area contributed by atoms with Crippen LogP contribution in [0.4, 0.5) is 0 Å². The van der Waals surface area contributed by atoms with Gasteiger partial charge in [0.2, 0.25) is 5.91 Å². The summed E-state index contributed by atoms with van der Waals surface area (Å²) in [7, 11) is 1.61. The summed E-state index contributed by atoms with van der Waals surface area (Å²) in [6.07, 6.45) is 2.99. The lowest BCUT2D eigenvalue weighted by molar-refractivity contribution is -0.117. The average Bonchev–Trinajstić information content (AvgIpc) is 3.18. The Bertz CT molecular complexity index is 566. The van der Waals surface area contributed by atoms with Gasteiger partial charge < -0.3 is 10.1 Å². The Balaban J connectivity index is 2.09. The second-order valence-electron chi connectivity index (χ2n) is 4.74. The second kappa shape index (κ2) is 5.15. The summed E-state index contributed by atoms with van der Waals surface area (Å²) in [6, 6.07) is 9.65. The van der Waals surface area contributed by atoms with Gasteiger partial charge in [-0.15, -0.1) is 0 Å². The van der Waals surface area contributed by atoms with Crippen molar-refractivity contribution in [2.45, 2.75) is 25.3 Å². The number of carbonyl (C=O) groups is 1. The van der Waals surface area contributed by atoms with Crippen LogP contribution in [0.15, 0.2) is 30.3 Å². The number of rotatable bonds is 4. The number of allylic oxidation sites excluding steroid dienone is 1. The molecule has 0 radical (unpaired) electrons. The molecule has 1 aromatic carbocycles. The highest BCUT2D eigenvalue weighted by molar-refractivity contribution is 5.95. The first-order valence-corrected chi connectivity index (χ1v) is 6.15. The number of hydrogen-bond acceptors (Lipinski definition) is 3. The van der Waals surface area contributed by atoms with Crippen molar-refractivity contribution in [2.75, 3.05) is 7.11 Å². The molecule has 1 aromatic rings. The fourth-order valence-corrected chi connectivity index (χ4v) is 1.81. The van der Waals surface area contributed by atoms with Crippen molar-refractivity contribution in [1.82, 2.24) is 5.32 Å². The molecule has 0 spiro atoms. The summed E-state index contributed by atoms with van der Waals surface area (Å²) in [5.74, 6) is 0.528. The molecular formula is C15H16N2O2. The van der Waals surface area contributed by atoms with Crippen molar-refractivity contribution < 1.29 is 9.53 Å². The zero-order valence-electron chi connectivity index (χ0n) is 11.1. The Hall–Kier alpha value is -2.28. The molecule has 1 aliphatic rings. The SMILES string of the molecule is COc1cccc(C(C)=CC(=O)NC2(C#N)CC2)c1. The minimum absolute atomic E-state index is 0.223. The van der Waals surface area contributed by atoms with Crippen molar-refractivity contribution in [3.05, 3.63) is 35.9 Å². The number of nitrogens with zero attached hydrogens (tertiary/aromatic N) is 1. The van der Waals surface area contributed by atoms with Gasteiger partial charge in [-0.2, -0.15) is 5.26 Å². The van der Waals surface area contributed by atoms with E-state index in [-0.39, 0.29) is 5.91 Å². The maximum absolute atomic E-state index is 11.8. The van der Waals surface area contributed by atoms with Gasteiger partial charge in [0, 0.05) is 6.08 Å². The molecule has 19 heavy (non-hydrogen) atoms. The summed E-state index contributed by atoms with van der Waals surface area (Å²) in [6.45, 7) is 1.86. The van der Waals surface area contributed by atoms with E-state index in [2.05, 4.69) is 11.4 Å². The smallest absolute Gasteiger partial charge is 0.245 e. The lowest BCUT2D eigenvalue weighted by Gasteiger charge is -2.08. The molecule has 0 aromatic heterocycles. The van der Waals surface area contributed by atoms with Gasteiger partial charge in [-0.25, -0.2) is 0 Å². The van der Waals surface area contributed by atoms with E-state index in [1.165, 1.54) is 6.08 Å². The summed E-state index contributed by atoms with van der Waals surface area (Å²) in [5.41, 5.74) is 1.14. The van der Waals surface area contributed by atoms with Crippen LogP contribution in [0.25, 0.3) is 5.57 Å². The number of amides is 1. The maximum atomic E-state index is 11.8. The van der Waals surface area contributed by atoms with Crippen LogP contribution in [0, 0.1) is 11.3 Å². The third kappa shape index (κ3) is 3.14. The number of carbonyl (C=O) groups excluding carboxylic acids is 1. The Labute approximate surface area is 112 Å². The van der Waals surface area contributed by atoms with Crippen LogP contribution in [-0.2, 0) is 4.79 Å². The largest absolute Gasteiger partial charge is 0.497 e. The number of methoxy groups -OCH3 is 1. The Morgan fingerprint density at radius 1 is 1.53 bits per heavy atom. The van der Waals surface area contributed by atoms with Crippen molar-refractivity contribution in [3.8, 4) is 11.8 Å². The minimum Gasteiger partial charge on any atom is -0.497 e. The van der Waals surface area contributed by atoms with Gasteiger partial charge in [0.15, 0.2) is 0 Å². The van der Waals surface area contributed by atoms with Gasteiger partial charge in [0.25, 0.3) is 0 Å². The molecule has 1 aliphatic carbocycles. The zero-order chi connectivity index (χ0) is 13.9. The van der Waals surface area contributed by atoms with E-state index >= 15 is 0 Å². The van der Waals surface area contributed by atoms with Gasteiger partial charge in [0.05, 0.1) is 13.2 Å². The number of benzene rings is 1. The summed E-state index contributed by atoms with van der Waals surface area (Å²) in [4.78, 5) is 11.8. The second-order valence-corrected chi connectivity index (χ2v) is 4.74. The van der Waals surface area contributed by atoms with Crippen LogP contribution < -0.4 is 10.1 Å². The van der Waals surface area contributed by atoms with E-state index < -0.39 is 5.54 Å². The fourth-order valence-electron chi connectivity index (χ4n) is 1.81. The number of nitrogens with one attached hydrogen (secondary N) is 1. The van der Waals surface area contributed by atoms with E-state index in [9.17, 15) is 4.79 Å². The van der Waals surface area contributed by atoms with E-state index in [1.54, 1.807) is 7.11 Å². The minimum atomic E-state index is -0.623. The molecule has 1 fully saturated rings. The highest BCUT2D eigenvalue weighted by Gasteiger charge is 2.44. The van der Waals surface area contributed by atoms with Crippen molar-refractivity contribution >= 4 is 11.5 Å². The van der Waals surface area contributed by atoms with Crippen LogP contribution in [0.2, 0.25) is 0 Å². The van der Waals surface area contributed by atoms with E-state index in [0.717, 1.165) is 29.7 Å². The van der Waals surface area contributed by atoms with Gasteiger partial charge in [0.1, 0.15) is 11.3 Å². The predicted octanol–water partition coefficient (Wildman–Crippen LogP) is 2.27. The molecular weight excluding hydrogens is 240 g/mol. The Morgan fingerprint density at radius 2 is 2.26 bits per heavy atom. The van der Waals surface area contributed by atoms with Gasteiger partial charge in [-0.3, -0.25) is 4.79 Å². The first kappa shape index (κ1) is 13.2. The molecule has 2 rings (SSSR count). The third-order valence-corrected chi connectivity index (χ3v) is 3.20. The summed E-state index contributed by atoms with van der Waals surface area (Å²) in [5, 5.41) is 11.7. The molecule has 98 valence electrons. The maximum Gasteiger partial charge on any atom is 0.245 e. The van der Waals surface area contributed by atoms with Crippen LogP contribution >= 0.6 is 0 Å². The molecule has 0 bridgehead atoms. The number of nitriles is 1. The van der Waals surface area contributed by atoms with Gasteiger partial charge in [-0.05, 0) is 43.0 Å². The summed E-state index contributed by atoms with van der Waals surface area (Å²) < 4.78 is 5.15. The molecule has 0 saturated heterocycles. The highest BCUT2D eigenvalue weighted by atomic mass is 16.5. The fraction of sp³-hybridized carbons (Fsp3) is 0.333. The molecule has 4 heteroatoms. The molecule has 1 N–H and O–H groups in total. The molecule has 1 amide bonds. The van der Waals surface area contributed by atoms with Gasteiger partial charge in [-0.1, -0.05) is 12.1 Å². The van der Waals surface area contributed by atoms with E-state index in [1.807, 2.05) is 31.2 Å². The lowest BCUT2D eigenvalue weighted by Crippen LogP contribution is -2.34. The third-order valence-electron chi connectivity index (χ3n) is 3.20. The first-order chi connectivity index (χ1) is 9.08. The molecule has 0 unspecified atom stereocenters. The van der Waals surface area contributed by atoms with Crippen LogP contribution in [0.1, 0.15) is 25.3 Å². The van der Waals surface area contributed by atoms with Gasteiger partial charge >= 0.3 is 0 Å². The number of hydrogen-bond donors (Lipinski definition) is 1. The Morgan fingerprint density at radius 3 is 2.84 bits per heavy atom. The van der Waals surface area contributed by atoms with Crippen LogP contribution in [0.5, 0.6) is 5.75 Å². The normalized spacial score (nSPS) is 16.4. The quantitative estimate of drug-likeness (QED) is 0.840. The molecule has 4 nitrogen and oxygen atoms in total. The predicted molar refractivity (Wildman–Crippen MR) is 72.4 cm³/mol. The van der Waals surface area contributed by atoms with Crippen molar-refractivity contribution in [3.63, 3.8) is 0 Å². The molecule has 0 atom stereocenters. The monoisotopic (exact) mass is 256 g/mol. The van der Waals surface area contributed by atoms with Crippen LogP contribution in [0.3, 0.4) is 0 Å². The first-order valence-electron chi connectivity index (χ1n) is 6.15. The van der Waals surface area contributed by atoms with Crippen molar-refractivity contribution in [1.29, 1.82) is 5.26 Å². The average molecular weight is 256 g/mol. The number of ether oxygens (including phenoxy) is 1. The Kier molecular flexibility index (Phi) is 3.57. The van der Waals surface area contributed by atoms with E-state index in [4.69, 9.17) is 10.00 Å². The zero-order valence-corrected chi connectivity index (χ0v) is 11.1. The summed E-state index contributed by atoms with van der Waals surface area (Å²) >= 11 is 0. The van der Waals surface area contributed by atoms with Crippen LogP contribution in [-0.4, -0.2) is 18.6 Å². The van der Waals surface area contributed by atoms with E-state index in [0.29, 0.717) is 0 Å². The molecule has 1 saturated carbocycles. The standard InChI is InChI=1S/C15H16N2O2/c1-11(12-4-3-5-13(9-12)19-2)8-14(18)17-15(10-16)6-7-15/h3-5,8-9H,6-7H2,1-2H3,(H,17,18). The highest BCUT2D eigenvalue weighted by Crippen LogP contribution is 2.34. The molecule has 0 aliphatic heterocycles. The molecule has 0 heterocycles. The lowest BCUT2D eigenvalue weighted by atomic mass is 10.1. The topological polar surface area (TPSA) is 62.1 Å².